The predicted molar refractivity (Wildman–Crippen MR) is 87.4 cm³/mol. The van der Waals surface area contributed by atoms with Crippen molar-refractivity contribution in [2.45, 2.75) is 26.3 Å². The summed E-state index contributed by atoms with van der Waals surface area (Å²) in [6, 6.07) is 6.10. The summed E-state index contributed by atoms with van der Waals surface area (Å²) < 4.78 is 0. The summed E-state index contributed by atoms with van der Waals surface area (Å²) in [5, 5.41) is 7.61. The Bertz CT molecular complexity index is 722. The van der Waals surface area contributed by atoms with Crippen LogP contribution in [-0.2, 0) is 9.59 Å². The molecule has 2 aliphatic heterocycles. The number of hydrogen-bond donors (Lipinski definition) is 3. The summed E-state index contributed by atoms with van der Waals surface area (Å²) >= 11 is 5.83. The normalized spacial score (nSPS) is 19.5. The van der Waals surface area contributed by atoms with Gasteiger partial charge in [-0.3, -0.25) is 20.3 Å². The Hall–Kier alpha value is -2.54. The topological polar surface area (TPSA) is 85.8 Å². The Kier molecular flexibility index (Phi) is 3.96. The highest BCUT2D eigenvalue weighted by Gasteiger charge is 2.39. The van der Waals surface area contributed by atoms with Crippen molar-refractivity contribution in [2.75, 3.05) is 5.32 Å². The molecular formula is C15H16ClN5O2. The number of halogens is 1. The molecule has 8 heteroatoms. The molecule has 23 heavy (non-hydrogen) atoms. The van der Waals surface area contributed by atoms with E-state index in [1.165, 1.54) is 0 Å². The largest absolute Gasteiger partial charge is 0.324 e. The number of carbonyl (C=O) groups excluding carboxylic acids is 2. The molecule has 7 nitrogen and oxygen atoms in total. The number of rotatable bonds is 2. The van der Waals surface area contributed by atoms with E-state index in [9.17, 15) is 9.59 Å². The van der Waals surface area contributed by atoms with Gasteiger partial charge in [0.2, 0.25) is 17.8 Å². The van der Waals surface area contributed by atoms with Crippen LogP contribution >= 0.6 is 11.6 Å². The maximum Gasteiger partial charge on any atom is 0.249 e. The first-order chi connectivity index (χ1) is 10.9. The highest BCUT2D eigenvalue weighted by molar-refractivity contribution is 6.30. The fourth-order valence-electron chi connectivity index (χ4n) is 2.30. The van der Waals surface area contributed by atoms with Gasteiger partial charge in [-0.1, -0.05) is 11.6 Å². The molecule has 1 atom stereocenters. The number of hydrazine groups is 1. The summed E-state index contributed by atoms with van der Waals surface area (Å²) in [6.07, 6.45) is 0.0431. The highest BCUT2D eigenvalue weighted by atomic mass is 35.5. The summed E-state index contributed by atoms with van der Waals surface area (Å²) in [7, 11) is 0. The number of amides is 2. The minimum atomic E-state index is -0.685. The van der Waals surface area contributed by atoms with Gasteiger partial charge in [0.1, 0.15) is 11.9 Å². The van der Waals surface area contributed by atoms with E-state index in [1.54, 1.807) is 29.3 Å². The van der Waals surface area contributed by atoms with Gasteiger partial charge in [-0.25, -0.2) is 5.01 Å². The van der Waals surface area contributed by atoms with Gasteiger partial charge in [-0.05, 0) is 43.7 Å². The van der Waals surface area contributed by atoms with Gasteiger partial charge in [0.25, 0.3) is 0 Å². The van der Waals surface area contributed by atoms with Crippen LogP contribution in [0, 0.1) is 0 Å². The van der Waals surface area contributed by atoms with Crippen LogP contribution in [0.5, 0.6) is 0 Å². The fraction of sp³-hybridized carbons (Fsp3) is 0.267. The van der Waals surface area contributed by atoms with Crippen molar-refractivity contribution >= 4 is 35.1 Å². The minimum Gasteiger partial charge on any atom is -0.324 e. The standard InChI is InChI=1S/C15H16ClN5O2/c1-8(2)13-19-15-18-12(22)7-11(21(15)20-13)14(23)17-10-5-3-9(16)4-6-10/h3-6,11,20H,7H2,1-2H3,(H,17,23)(H,18,19,22)/t11-/m0/s1. The number of allylic oxidation sites excluding steroid dienone is 1. The average molecular weight is 334 g/mol. The molecule has 0 radical (unpaired) electrons. The zero-order valence-corrected chi connectivity index (χ0v) is 13.4. The second-order valence-electron chi connectivity index (χ2n) is 5.53. The van der Waals surface area contributed by atoms with Gasteiger partial charge in [-0.15, -0.1) is 0 Å². The van der Waals surface area contributed by atoms with Crippen LogP contribution in [0.1, 0.15) is 20.3 Å². The van der Waals surface area contributed by atoms with Crippen LogP contribution in [0.2, 0.25) is 5.02 Å². The van der Waals surface area contributed by atoms with Gasteiger partial charge < -0.3 is 5.32 Å². The van der Waals surface area contributed by atoms with E-state index in [4.69, 9.17) is 11.6 Å². The highest BCUT2D eigenvalue weighted by Crippen LogP contribution is 2.20. The van der Waals surface area contributed by atoms with Crippen molar-refractivity contribution < 1.29 is 9.59 Å². The number of nitrogens with one attached hydrogen (secondary N) is 3. The summed E-state index contributed by atoms with van der Waals surface area (Å²) in [5.74, 6) is 0.436. The van der Waals surface area contributed by atoms with Crippen LogP contribution in [0.3, 0.4) is 0 Å². The van der Waals surface area contributed by atoms with Crippen molar-refractivity contribution in [2.24, 2.45) is 4.99 Å². The molecule has 0 unspecified atom stereocenters. The first kappa shape index (κ1) is 15.4. The van der Waals surface area contributed by atoms with Crippen molar-refractivity contribution in [3.05, 3.63) is 40.7 Å². The van der Waals surface area contributed by atoms with E-state index in [0.29, 0.717) is 22.5 Å². The van der Waals surface area contributed by atoms with Crippen LogP contribution in [0.15, 0.2) is 40.7 Å². The third kappa shape index (κ3) is 3.14. The molecular weight excluding hydrogens is 318 g/mol. The van der Waals surface area contributed by atoms with Crippen molar-refractivity contribution in [3.63, 3.8) is 0 Å². The van der Waals surface area contributed by atoms with Gasteiger partial charge in [0.15, 0.2) is 0 Å². The number of nitrogens with zero attached hydrogens (tertiary/aromatic N) is 2. The van der Waals surface area contributed by atoms with E-state index in [-0.39, 0.29) is 18.2 Å². The van der Waals surface area contributed by atoms with Gasteiger partial charge in [0.05, 0.1) is 6.42 Å². The molecule has 1 aromatic carbocycles. The molecule has 120 valence electrons. The van der Waals surface area contributed by atoms with Gasteiger partial charge >= 0.3 is 0 Å². The Morgan fingerprint density at radius 3 is 2.70 bits per heavy atom. The second-order valence-corrected chi connectivity index (χ2v) is 5.97. The van der Waals surface area contributed by atoms with Gasteiger partial charge in [-0.2, -0.15) is 4.99 Å². The first-order valence-corrected chi connectivity index (χ1v) is 7.50. The van der Waals surface area contributed by atoms with Gasteiger partial charge in [0, 0.05) is 10.7 Å². The Morgan fingerprint density at radius 2 is 2.04 bits per heavy atom. The molecule has 3 rings (SSSR count). The van der Waals surface area contributed by atoms with Crippen molar-refractivity contribution in [1.29, 1.82) is 0 Å². The monoisotopic (exact) mass is 333 g/mol. The van der Waals surface area contributed by atoms with E-state index in [0.717, 1.165) is 5.57 Å². The lowest BCUT2D eigenvalue weighted by molar-refractivity contribution is -0.129. The quantitative estimate of drug-likeness (QED) is 0.767. The maximum absolute atomic E-state index is 12.5. The van der Waals surface area contributed by atoms with E-state index in [2.05, 4.69) is 21.1 Å². The van der Waals surface area contributed by atoms with Crippen molar-refractivity contribution in [3.8, 4) is 0 Å². The lowest BCUT2D eigenvalue weighted by Gasteiger charge is -2.32. The molecule has 0 saturated carbocycles. The zero-order valence-electron chi connectivity index (χ0n) is 12.7. The van der Waals surface area contributed by atoms with E-state index >= 15 is 0 Å². The molecule has 2 heterocycles. The maximum atomic E-state index is 12.5. The molecule has 1 fully saturated rings. The number of anilines is 1. The lowest BCUT2D eigenvalue weighted by Crippen LogP contribution is -2.61. The number of benzene rings is 1. The predicted octanol–water partition coefficient (Wildman–Crippen LogP) is 1.59. The summed E-state index contributed by atoms with van der Waals surface area (Å²) in [6.45, 7) is 3.80. The number of aliphatic imine (C=N–C) groups is 1. The third-order valence-corrected chi connectivity index (χ3v) is 3.75. The molecule has 1 saturated heterocycles. The number of hydrogen-bond acceptors (Lipinski definition) is 5. The molecule has 0 aliphatic carbocycles. The lowest BCUT2D eigenvalue weighted by atomic mass is 10.1. The van der Waals surface area contributed by atoms with Crippen LogP contribution < -0.4 is 16.1 Å². The number of carbonyl (C=O) groups is 2. The van der Waals surface area contributed by atoms with E-state index < -0.39 is 6.04 Å². The molecule has 0 aromatic heterocycles. The smallest absolute Gasteiger partial charge is 0.249 e. The van der Waals surface area contributed by atoms with E-state index in [1.807, 2.05) is 13.8 Å². The summed E-state index contributed by atoms with van der Waals surface area (Å²) in [4.78, 5) is 28.7. The fourth-order valence-corrected chi connectivity index (χ4v) is 2.43. The van der Waals surface area contributed by atoms with Crippen LogP contribution in [0.4, 0.5) is 5.69 Å². The van der Waals surface area contributed by atoms with Crippen LogP contribution in [0.25, 0.3) is 0 Å². The number of guanidine groups is 1. The minimum absolute atomic E-state index is 0.0431. The molecule has 1 aromatic rings. The second kappa shape index (κ2) is 5.92. The Labute approximate surface area is 138 Å². The molecule has 3 N–H and O–H groups in total. The average Bonchev–Trinajstić information content (AvgIpc) is 2.92. The molecule has 0 spiro atoms. The molecule has 2 amide bonds. The van der Waals surface area contributed by atoms with Crippen molar-refractivity contribution in [1.82, 2.24) is 15.8 Å². The zero-order chi connectivity index (χ0) is 16.6. The van der Waals surface area contributed by atoms with Crippen LogP contribution in [-0.4, -0.2) is 28.8 Å². The first-order valence-electron chi connectivity index (χ1n) is 7.12. The SMILES string of the molecule is CC(C)=C1N=C2NC(=O)C[C@@H](C(=O)Nc3ccc(Cl)cc3)N2N1. The molecule has 0 bridgehead atoms. The Morgan fingerprint density at radius 1 is 1.35 bits per heavy atom. The summed E-state index contributed by atoms with van der Waals surface area (Å²) in [5.41, 5.74) is 4.62. The number of fused-ring (bicyclic) bond motifs is 1. The molecule has 2 aliphatic rings. The third-order valence-electron chi connectivity index (χ3n) is 3.50. The Balaban J connectivity index is 1.80.